The Morgan fingerprint density at radius 1 is 1.42 bits per heavy atom. The summed E-state index contributed by atoms with van der Waals surface area (Å²) in [6, 6.07) is 0. The van der Waals surface area contributed by atoms with Gasteiger partial charge < -0.3 is 15.4 Å². The van der Waals surface area contributed by atoms with Gasteiger partial charge in [0.15, 0.2) is 0 Å². The van der Waals surface area contributed by atoms with E-state index in [0.717, 1.165) is 12.8 Å². The predicted molar refractivity (Wildman–Crippen MR) is 73.4 cm³/mol. The molecule has 5 nitrogen and oxygen atoms in total. The van der Waals surface area contributed by atoms with E-state index in [9.17, 15) is 9.59 Å². The number of likely N-dealkylation sites (tertiary alicyclic amines) is 1. The molecule has 1 fully saturated rings. The summed E-state index contributed by atoms with van der Waals surface area (Å²) >= 11 is 0. The van der Waals surface area contributed by atoms with E-state index in [0.29, 0.717) is 32.7 Å². The smallest absolute Gasteiger partial charge is 0.310 e. The van der Waals surface area contributed by atoms with Crippen molar-refractivity contribution >= 4 is 11.9 Å². The highest BCUT2D eigenvalue weighted by molar-refractivity contribution is 5.83. The Balaban J connectivity index is 2.69. The molecule has 2 N–H and O–H groups in total. The minimum absolute atomic E-state index is 0.0616. The molecule has 1 aliphatic rings. The number of piperidine rings is 1. The molecule has 1 rings (SSSR count). The first-order chi connectivity index (χ1) is 8.98. The van der Waals surface area contributed by atoms with Crippen molar-refractivity contribution in [3.8, 4) is 0 Å². The van der Waals surface area contributed by atoms with Gasteiger partial charge in [0.1, 0.15) is 0 Å². The fourth-order valence-electron chi connectivity index (χ4n) is 2.38. The highest BCUT2D eigenvalue weighted by Crippen LogP contribution is 2.26. The van der Waals surface area contributed by atoms with Gasteiger partial charge in [0, 0.05) is 19.6 Å². The van der Waals surface area contributed by atoms with Crippen LogP contribution in [0.2, 0.25) is 0 Å². The Hall–Kier alpha value is -1.10. The number of hydrogen-bond acceptors (Lipinski definition) is 4. The van der Waals surface area contributed by atoms with Gasteiger partial charge in [-0.05, 0) is 33.1 Å². The number of carbonyl (C=O) groups excluding carboxylic acids is 2. The molecule has 0 bridgehead atoms. The van der Waals surface area contributed by atoms with Crippen LogP contribution in [0.1, 0.15) is 40.0 Å². The van der Waals surface area contributed by atoms with Crippen molar-refractivity contribution in [2.45, 2.75) is 40.0 Å². The standard InChI is InChI=1S/C14H26N2O3/c1-4-14(3,10-15)13(18)16-8-6-7-11(9-16)12(17)19-5-2/h11H,4-10,15H2,1-3H3. The van der Waals surface area contributed by atoms with Crippen molar-refractivity contribution in [2.24, 2.45) is 17.1 Å². The van der Waals surface area contributed by atoms with Crippen LogP contribution in [0.5, 0.6) is 0 Å². The Morgan fingerprint density at radius 2 is 2.11 bits per heavy atom. The van der Waals surface area contributed by atoms with Crippen molar-refractivity contribution in [3.05, 3.63) is 0 Å². The number of ether oxygens (including phenoxy) is 1. The molecule has 0 aromatic rings. The molecule has 1 amide bonds. The minimum Gasteiger partial charge on any atom is -0.466 e. The lowest BCUT2D eigenvalue weighted by Crippen LogP contribution is -2.50. The lowest BCUT2D eigenvalue weighted by atomic mass is 9.84. The molecule has 110 valence electrons. The molecular formula is C14H26N2O3. The average Bonchev–Trinajstić information content (AvgIpc) is 2.46. The van der Waals surface area contributed by atoms with E-state index >= 15 is 0 Å². The molecule has 2 atom stereocenters. The second kappa shape index (κ2) is 6.89. The third-order valence-corrected chi connectivity index (χ3v) is 4.08. The Kier molecular flexibility index (Phi) is 5.79. The van der Waals surface area contributed by atoms with Gasteiger partial charge >= 0.3 is 5.97 Å². The number of rotatable bonds is 5. The van der Waals surface area contributed by atoms with E-state index in [4.69, 9.17) is 10.5 Å². The Bertz CT molecular complexity index is 327. The first-order valence-corrected chi connectivity index (χ1v) is 7.14. The third-order valence-electron chi connectivity index (χ3n) is 4.08. The van der Waals surface area contributed by atoms with Crippen LogP contribution in [0.25, 0.3) is 0 Å². The fourth-order valence-corrected chi connectivity index (χ4v) is 2.38. The quantitative estimate of drug-likeness (QED) is 0.761. The SMILES string of the molecule is CCOC(=O)C1CCCN(C(=O)C(C)(CC)CN)C1. The molecule has 1 heterocycles. The van der Waals surface area contributed by atoms with Gasteiger partial charge in [-0.2, -0.15) is 0 Å². The summed E-state index contributed by atoms with van der Waals surface area (Å²) in [5.74, 6) is -0.311. The molecule has 0 spiro atoms. The molecule has 1 aliphatic heterocycles. The number of amides is 1. The largest absolute Gasteiger partial charge is 0.466 e. The van der Waals surface area contributed by atoms with E-state index in [1.807, 2.05) is 13.8 Å². The van der Waals surface area contributed by atoms with E-state index in [1.165, 1.54) is 0 Å². The van der Waals surface area contributed by atoms with Crippen LogP contribution >= 0.6 is 0 Å². The lowest BCUT2D eigenvalue weighted by Gasteiger charge is -2.37. The van der Waals surface area contributed by atoms with Crippen LogP contribution in [0.4, 0.5) is 0 Å². The van der Waals surface area contributed by atoms with Crippen molar-refractivity contribution in [1.29, 1.82) is 0 Å². The number of esters is 1. The van der Waals surface area contributed by atoms with E-state index in [1.54, 1.807) is 11.8 Å². The second-order valence-corrected chi connectivity index (χ2v) is 5.46. The molecule has 5 heteroatoms. The van der Waals surface area contributed by atoms with Gasteiger partial charge in [0.05, 0.1) is 17.9 Å². The van der Waals surface area contributed by atoms with Crippen LogP contribution in [-0.2, 0) is 14.3 Å². The molecule has 0 aromatic carbocycles. The maximum absolute atomic E-state index is 12.5. The third kappa shape index (κ3) is 3.69. The van der Waals surface area contributed by atoms with Gasteiger partial charge in [-0.15, -0.1) is 0 Å². The highest BCUT2D eigenvalue weighted by Gasteiger charge is 2.37. The van der Waals surface area contributed by atoms with E-state index in [2.05, 4.69) is 0 Å². The zero-order valence-electron chi connectivity index (χ0n) is 12.3. The maximum Gasteiger partial charge on any atom is 0.310 e. The topological polar surface area (TPSA) is 72.6 Å². The summed E-state index contributed by atoms with van der Waals surface area (Å²) < 4.78 is 5.05. The summed E-state index contributed by atoms with van der Waals surface area (Å²) in [4.78, 5) is 26.1. The summed E-state index contributed by atoms with van der Waals surface area (Å²) in [7, 11) is 0. The average molecular weight is 270 g/mol. The summed E-state index contributed by atoms with van der Waals surface area (Å²) in [6.07, 6.45) is 2.36. The van der Waals surface area contributed by atoms with Crippen molar-refractivity contribution in [3.63, 3.8) is 0 Å². The van der Waals surface area contributed by atoms with Gasteiger partial charge in [-0.1, -0.05) is 6.92 Å². The molecule has 0 aromatic heterocycles. The second-order valence-electron chi connectivity index (χ2n) is 5.46. The highest BCUT2D eigenvalue weighted by atomic mass is 16.5. The molecular weight excluding hydrogens is 244 g/mol. The zero-order chi connectivity index (χ0) is 14.5. The van der Waals surface area contributed by atoms with Crippen molar-refractivity contribution < 1.29 is 14.3 Å². The zero-order valence-corrected chi connectivity index (χ0v) is 12.3. The van der Waals surface area contributed by atoms with Crippen LogP contribution in [-0.4, -0.2) is 43.0 Å². The van der Waals surface area contributed by atoms with Gasteiger partial charge in [0.25, 0.3) is 0 Å². The summed E-state index contributed by atoms with van der Waals surface area (Å²) in [6.45, 7) is 7.56. The normalized spacial score (nSPS) is 22.7. The molecule has 19 heavy (non-hydrogen) atoms. The number of nitrogens with two attached hydrogens (primary N) is 1. The van der Waals surface area contributed by atoms with Crippen molar-refractivity contribution in [2.75, 3.05) is 26.2 Å². The van der Waals surface area contributed by atoms with E-state index in [-0.39, 0.29) is 17.8 Å². The van der Waals surface area contributed by atoms with Gasteiger partial charge in [0.2, 0.25) is 5.91 Å². The Labute approximate surface area is 115 Å². The number of carbonyl (C=O) groups is 2. The first kappa shape index (κ1) is 16.0. The maximum atomic E-state index is 12.5. The van der Waals surface area contributed by atoms with Crippen LogP contribution in [0.3, 0.4) is 0 Å². The van der Waals surface area contributed by atoms with Gasteiger partial charge in [-0.25, -0.2) is 0 Å². The van der Waals surface area contributed by atoms with Gasteiger partial charge in [-0.3, -0.25) is 9.59 Å². The molecule has 2 unspecified atom stereocenters. The minimum atomic E-state index is -0.517. The molecule has 0 aliphatic carbocycles. The molecule has 0 radical (unpaired) electrons. The predicted octanol–water partition coefficient (Wildman–Crippen LogP) is 1.16. The monoisotopic (exact) mass is 270 g/mol. The summed E-state index contributed by atoms with van der Waals surface area (Å²) in [5, 5.41) is 0. The van der Waals surface area contributed by atoms with Crippen LogP contribution in [0, 0.1) is 11.3 Å². The lowest BCUT2D eigenvalue weighted by molar-refractivity contribution is -0.153. The summed E-state index contributed by atoms with van der Waals surface area (Å²) in [5.41, 5.74) is 5.21. The van der Waals surface area contributed by atoms with Crippen molar-refractivity contribution in [1.82, 2.24) is 4.90 Å². The van der Waals surface area contributed by atoms with E-state index < -0.39 is 5.41 Å². The van der Waals surface area contributed by atoms with Crippen LogP contribution < -0.4 is 5.73 Å². The fraction of sp³-hybridized carbons (Fsp3) is 0.857. The number of hydrogen-bond donors (Lipinski definition) is 1. The Morgan fingerprint density at radius 3 is 2.63 bits per heavy atom. The molecule has 1 saturated heterocycles. The first-order valence-electron chi connectivity index (χ1n) is 7.14. The van der Waals surface area contributed by atoms with Crippen LogP contribution in [0.15, 0.2) is 0 Å². The molecule has 0 saturated carbocycles. The number of nitrogens with zero attached hydrogens (tertiary/aromatic N) is 1.